The molecule has 0 radical (unpaired) electrons. The van der Waals surface area contributed by atoms with Crippen LogP contribution < -0.4 is 11.1 Å². The third-order valence-corrected chi connectivity index (χ3v) is 3.99. The molecule has 0 unspecified atom stereocenters. The first-order valence-corrected chi connectivity index (χ1v) is 7.75. The molecule has 1 aliphatic rings. The summed E-state index contributed by atoms with van der Waals surface area (Å²) in [5, 5.41) is 3.32. The molecular formula is C16H28N4. The fourth-order valence-corrected chi connectivity index (χ4v) is 2.62. The first-order chi connectivity index (χ1) is 9.81. The number of nitrogens with zero attached hydrogens (tertiary/aromatic N) is 2. The molecule has 4 heteroatoms. The summed E-state index contributed by atoms with van der Waals surface area (Å²) in [5.41, 5.74) is 8.22. The summed E-state index contributed by atoms with van der Waals surface area (Å²) in [6.07, 6.45) is 0. The van der Waals surface area contributed by atoms with Gasteiger partial charge < -0.3 is 16.0 Å². The maximum absolute atomic E-state index is 5.47. The second-order valence-corrected chi connectivity index (χ2v) is 5.49. The van der Waals surface area contributed by atoms with Crippen molar-refractivity contribution in [3.63, 3.8) is 0 Å². The highest BCUT2D eigenvalue weighted by molar-refractivity contribution is 5.22. The second kappa shape index (κ2) is 8.37. The molecule has 1 heterocycles. The predicted molar refractivity (Wildman–Crippen MR) is 84.6 cm³/mol. The van der Waals surface area contributed by atoms with Gasteiger partial charge in [0.2, 0.25) is 0 Å². The van der Waals surface area contributed by atoms with E-state index in [1.165, 1.54) is 43.9 Å². The van der Waals surface area contributed by atoms with Crippen molar-refractivity contribution < 1.29 is 0 Å². The highest BCUT2D eigenvalue weighted by Gasteiger charge is 2.15. The zero-order chi connectivity index (χ0) is 14.2. The SMILES string of the molecule is CCN1CCN(Cc2ccc(CNCCN)cc2)CC1. The molecule has 1 aliphatic heterocycles. The Morgan fingerprint density at radius 3 is 2.20 bits per heavy atom. The minimum absolute atomic E-state index is 0.696. The summed E-state index contributed by atoms with van der Waals surface area (Å²) in [4.78, 5) is 5.07. The van der Waals surface area contributed by atoms with Crippen LogP contribution in [0.3, 0.4) is 0 Å². The summed E-state index contributed by atoms with van der Waals surface area (Å²) in [7, 11) is 0. The fraction of sp³-hybridized carbons (Fsp3) is 0.625. The molecule has 0 saturated carbocycles. The van der Waals surface area contributed by atoms with E-state index in [1.807, 2.05) is 0 Å². The van der Waals surface area contributed by atoms with Gasteiger partial charge in [-0.05, 0) is 17.7 Å². The molecule has 0 bridgehead atoms. The molecule has 3 N–H and O–H groups in total. The third kappa shape index (κ3) is 4.87. The summed E-state index contributed by atoms with van der Waals surface area (Å²) < 4.78 is 0. The fourth-order valence-electron chi connectivity index (χ4n) is 2.62. The number of benzene rings is 1. The average Bonchev–Trinajstić information content (AvgIpc) is 2.50. The Morgan fingerprint density at radius 2 is 1.60 bits per heavy atom. The number of hydrogen-bond acceptors (Lipinski definition) is 4. The molecule has 0 aliphatic carbocycles. The molecule has 20 heavy (non-hydrogen) atoms. The van der Waals surface area contributed by atoms with Crippen molar-refractivity contribution in [1.82, 2.24) is 15.1 Å². The minimum Gasteiger partial charge on any atom is -0.329 e. The lowest BCUT2D eigenvalue weighted by molar-refractivity contribution is 0.132. The van der Waals surface area contributed by atoms with Gasteiger partial charge in [-0.15, -0.1) is 0 Å². The van der Waals surface area contributed by atoms with Gasteiger partial charge in [0.05, 0.1) is 0 Å². The summed E-state index contributed by atoms with van der Waals surface area (Å²) in [5.74, 6) is 0. The Kier molecular flexibility index (Phi) is 6.47. The smallest absolute Gasteiger partial charge is 0.0234 e. The molecule has 2 rings (SSSR count). The van der Waals surface area contributed by atoms with Crippen molar-refractivity contribution in [2.75, 3.05) is 45.8 Å². The van der Waals surface area contributed by atoms with Gasteiger partial charge in [0, 0.05) is 52.4 Å². The van der Waals surface area contributed by atoms with Gasteiger partial charge in [0.25, 0.3) is 0 Å². The molecule has 1 aromatic rings. The predicted octanol–water partition coefficient (Wildman–Crippen LogP) is 0.872. The molecule has 0 aromatic heterocycles. The monoisotopic (exact) mass is 276 g/mol. The lowest BCUT2D eigenvalue weighted by atomic mass is 10.1. The number of rotatable bonds is 7. The number of hydrogen-bond donors (Lipinski definition) is 2. The lowest BCUT2D eigenvalue weighted by Crippen LogP contribution is -2.45. The first-order valence-electron chi connectivity index (χ1n) is 7.75. The van der Waals surface area contributed by atoms with Crippen LogP contribution in [0.1, 0.15) is 18.1 Å². The molecular weight excluding hydrogens is 248 g/mol. The van der Waals surface area contributed by atoms with Crippen LogP contribution in [-0.2, 0) is 13.1 Å². The Balaban J connectivity index is 1.76. The lowest BCUT2D eigenvalue weighted by Gasteiger charge is -2.34. The average molecular weight is 276 g/mol. The van der Waals surface area contributed by atoms with Gasteiger partial charge >= 0.3 is 0 Å². The Morgan fingerprint density at radius 1 is 1.00 bits per heavy atom. The number of piperazine rings is 1. The summed E-state index contributed by atoms with van der Waals surface area (Å²) in [6, 6.07) is 8.96. The molecule has 0 atom stereocenters. The number of nitrogens with two attached hydrogens (primary N) is 1. The highest BCUT2D eigenvalue weighted by atomic mass is 15.3. The summed E-state index contributed by atoms with van der Waals surface area (Å²) in [6.45, 7) is 11.8. The van der Waals surface area contributed by atoms with Crippen molar-refractivity contribution >= 4 is 0 Å². The summed E-state index contributed by atoms with van der Waals surface area (Å²) >= 11 is 0. The van der Waals surface area contributed by atoms with Gasteiger partial charge in [-0.3, -0.25) is 4.90 Å². The van der Waals surface area contributed by atoms with Gasteiger partial charge in [-0.1, -0.05) is 31.2 Å². The van der Waals surface area contributed by atoms with Crippen LogP contribution in [0.5, 0.6) is 0 Å². The van der Waals surface area contributed by atoms with Crippen LogP contribution in [0, 0.1) is 0 Å². The number of nitrogens with one attached hydrogen (secondary N) is 1. The van der Waals surface area contributed by atoms with Crippen LogP contribution in [0.25, 0.3) is 0 Å². The molecule has 1 aromatic carbocycles. The van der Waals surface area contributed by atoms with Gasteiger partial charge in [-0.2, -0.15) is 0 Å². The van der Waals surface area contributed by atoms with Crippen molar-refractivity contribution in [3.8, 4) is 0 Å². The van der Waals surface area contributed by atoms with Crippen molar-refractivity contribution in [2.45, 2.75) is 20.0 Å². The van der Waals surface area contributed by atoms with Crippen LogP contribution >= 0.6 is 0 Å². The molecule has 0 spiro atoms. The zero-order valence-electron chi connectivity index (χ0n) is 12.6. The number of likely N-dealkylation sites (N-methyl/N-ethyl adjacent to an activating group) is 1. The quantitative estimate of drug-likeness (QED) is 0.726. The van der Waals surface area contributed by atoms with E-state index < -0.39 is 0 Å². The molecule has 1 fully saturated rings. The molecule has 1 saturated heterocycles. The maximum Gasteiger partial charge on any atom is 0.0234 e. The van der Waals surface area contributed by atoms with E-state index in [2.05, 4.69) is 46.3 Å². The van der Waals surface area contributed by atoms with E-state index in [-0.39, 0.29) is 0 Å². The van der Waals surface area contributed by atoms with Crippen molar-refractivity contribution in [2.24, 2.45) is 5.73 Å². The van der Waals surface area contributed by atoms with Gasteiger partial charge in [-0.25, -0.2) is 0 Å². The zero-order valence-corrected chi connectivity index (χ0v) is 12.6. The van der Waals surface area contributed by atoms with Crippen LogP contribution in [0.15, 0.2) is 24.3 Å². The molecule has 4 nitrogen and oxygen atoms in total. The molecule has 112 valence electrons. The van der Waals surface area contributed by atoms with E-state index in [1.54, 1.807) is 0 Å². The van der Waals surface area contributed by atoms with E-state index in [0.29, 0.717) is 6.54 Å². The van der Waals surface area contributed by atoms with E-state index in [0.717, 1.165) is 19.6 Å². The Labute approximate surface area is 122 Å². The largest absolute Gasteiger partial charge is 0.329 e. The van der Waals surface area contributed by atoms with E-state index >= 15 is 0 Å². The van der Waals surface area contributed by atoms with Crippen molar-refractivity contribution in [3.05, 3.63) is 35.4 Å². The third-order valence-electron chi connectivity index (χ3n) is 3.99. The Bertz CT molecular complexity index is 369. The van der Waals surface area contributed by atoms with Gasteiger partial charge in [0.15, 0.2) is 0 Å². The standard InChI is InChI=1S/C16H28N4/c1-2-19-9-11-20(12-10-19)14-16-5-3-15(4-6-16)13-18-8-7-17/h3-6,18H,2,7-14,17H2,1H3. The Hall–Kier alpha value is -0.940. The van der Waals surface area contributed by atoms with Crippen LogP contribution in [0.4, 0.5) is 0 Å². The van der Waals surface area contributed by atoms with Crippen LogP contribution in [-0.4, -0.2) is 55.6 Å². The first kappa shape index (κ1) is 15.4. The van der Waals surface area contributed by atoms with E-state index in [4.69, 9.17) is 5.73 Å². The topological polar surface area (TPSA) is 44.5 Å². The van der Waals surface area contributed by atoms with Crippen molar-refractivity contribution in [1.29, 1.82) is 0 Å². The molecule has 0 amide bonds. The second-order valence-electron chi connectivity index (χ2n) is 5.49. The van der Waals surface area contributed by atoms with Gasteiger partial charge in [0.1, 0.15) is 0 Å². The van der Waals surface area contributed by atoms with E-state index in [9.17, 15) is 0 Å². The maximum atomic E-state index is 5.47. The minimum atomic E-state index is 0.696. The normalized spacial score (nSPS) is 17.5. The highest BCUT2D eigenvalue weighted by Crippen LogP contribution is 2.10. The van der Waals surface area contributed by atoms with Crippen LogP contribution in [0.2, 0.25) is 0 Å².